The molecule has 0 heterocycles. The molecular formula is C15H11Te. The molecule has 0 atom stereocenters. The van der Waals surface area contributed by atoms with E-state index in [0.717, 1.165) is 11.1 Å². The Morgan fingerprint density at radius 3 is 2.38 bits per heavy atom. The van der Waals surface area contributed by atoms with Gasteiger partial charge in [-0.15, -0.1) is 0 Å². The normalized spacial score (nSPS) is 9.31. The van der Waals surface area contributed by atoms with Gasteiger partial charge in [-0.1, -0.05) is 0 Å². The average Bonchev–Trinajstić information content (AvgIpc) is 2.29. The standard InChI is InChI=1S/C15H11Te/c1-12-11-15(16)10-9-14(12)8-7-13-5-3-2-4-6-13/h2-6,9-11H,1H3. The molecule has 2 aromatic rings. The molecule has 0 aliphatic heterocycles. The van der Waals surface area contributed by atoms with Crippen LogP contribution < -0.4 is 3.61 Å². The summed E-state index contributed by atoms with van der Waals surface area (Å²) in [5.41, 5.74) is 3.41. The Hall–Kier alpha value is -1.21. The van der Waals surface area contributed by atoms with E-state index in [-0.39, 0.29) is 0 Å². The quantitative estimate of drug-likeness (QED) is 0.516. The van der Waals surface area contributed by atoms with Crippen LogP contribution in [0.1, 0.15) is 16.7 Å². The third-order valence-electron chi connectivity index (χ3n) is 2.31. The van der Waals surface area contributed by atoms with Crippen molar-refractivity contribution in [2.24, 2.45) is 0 Å². The molecule has 0 N–H and O–H groups in total. The van der Waals surface area contributed by atoms with Crippen molar-refractivity contribution in [3.63, 3.8) is 0 Å². The zero-order chi connectivity index (χ0) is 11.4. The van der Waals surface area contributed by atoms with Crippen LogP contribution >= 0.6 is 0 Å². The molecular weight excluding hydrogens is 308 g/mol. The number of benzene rings is 2. The molecule has 0 fully saturated rings. The second-order valence-corrected chi connectivity index (χ2v) is 4.94. The van der Waals surface area contributed by atoms with E-state index in [1.807, 2.05) is 52.6 Å². The van der Waals surface area contributed by atoms with E-state index < -0.39 is 0 Å². The van der Waals surface area contributed by atoms with E-state index >= 15 is 0 Å². The molecule has 77 valence electrons. The second kappa shape index (κ2) is 5.22. The monoisotopic (exact) mass is 321 g/mol. The fraction of sp³-hybridized carbons (Fsp3) is 0.0667. The molecule has 0 unspecified atom stereocenters. The molecule has 0 aliphatic rings. The van der Waals surface area contributed by atoms with Crippen LogP contribution in [-0.2, 0) is 0 Å². The zero-order valence-corrected chi connectivity index (χ0v) is 11.4. The maximum absolute atomic E-state index is 3.21. The van der Waals surface area contributed by atoms with E-state index in [1.54, 1.807) is 0 Å². The van der Waals surface area contributed by atoms with Crippen molar-refractivity contribution in [1.82, 2.24) is 0 Å². The molecule has 0 nitrogen and oxygen atoms in total. The Morgan fingerprint density at radius 2 is 1.69 bits per heavy atom. The van der Waals surface area contributed by atoms with Crippen LogP contribution in [0.2, 0.25) is 0 Å². The van der Waals surface area contributed by atoms with Crippen LogP contribution in [0.25, 0.3) is 0 Å². The molecule has 0 saturated carbocycles. The molecule has 0 aromatic heterocycles. The molecule has 16 heavy (non-hydrogen) atoms. The maximum atomic E-state index is 3.21. The van der Waals surface area contributed by atoms with Gasteiger partial charge in [-0.3, -0.25) is 0 Å². The molecule has 2 aromatic carbocycles. The van der Waals surface area contributed by atoms with Crippen LogP contribution in [0.5, 0.6) is 0 Å². The third kappa shape index (κ3) is 2.89. The Labute approximate surface area is 110 Å². The van der Waals surface area contributed by atoms with Crippen LogP contribution in [0.4, 0.5) is 0 Å². The van der Waals surface area contributed by atoms with Crippen LogP contribution in [0, 0.1) is 18.8 Å². The summed E-state index contributed by atoms with van der Waals surface area (Å²) < 4.78 is 1.29. The number of hydrogen-bond donors (Lipinski definition) is 0. The Kier molecular flexibility index (Phi) is 3.68. The van der Waals surface area contributed by atoms with Crippen molar-refractivity contribution >= 4 is 25.9 Å². The Bertz CT molecular complexity index is 545. The van der Waals surface area contributed by atoms with Gasteiger partial charge in [0.15, 0.2) is 0 Å². The number of aryl methyl sites for hydroxylation is 1. The van der Waals surface area contributed by atoms with Crippen molar-refractivity contribution in [1.29, 1.82) is 0 Å². The molecule has 0 spiro atoms. The van der Waals surface area contributed by atoms with Gasteiger partial charge in [-0.25, -0.2) is 0 Å². The SMILES string of the molecule is Cc1cc([Te])ccc1C#Cc1ccccc1. The number of rotatable bonds is 0. The molecule has 0 aliphatic carbocycles. The summed E-state index contributed by atoms with van der Waals surface area (Å²) in [7, 11) is 0. The predicted octanol–water partition coefficient (Wildman–Crippen LogP) is 2.19. The van der Waals surface area contributed by atoms with Gasteiger partial charge in [-0.2, -0.15) is 0 Å². The first kappa shape index (κ1) is 11.3. The molecule has 0 amide bonds. The van der Waals surface area contributed by atoms with Crippen molar-refractivity contribution < 1.29 is 0 Å². The van der Waals surface area contributed by atoms with Gasteiger partial charge >= 0.3 is 110 Å². The predicted molar refractivity (Wildman–Crippen MR) is 69.0 cm³/mol. The summed E-state index contributed by atoms with van der Waals surface area (Å²) in [6.07, 6.45) is 0. The van der Waals surface area contributed by atoms with E-state index in [1.165, 1.54) is 9.17 Å². The summed E-state index contributed by atoms with van der Waals surface area (Å²) in [6.45, 7) is 2.10. The van der Waals surface area contributed by atoms with Gasteiger partial charge in [0, 0.05) is 0 Å². The van der Waals surface area contributed by atoms with E-state index in [9.17, 15) is 0 Å². The van der Waals surface area contributed by atoms with E-state index in [0.29, 0.717) is 0 Å². The van der Waals surface area contributed by atoms with Crippen molar-refractivity contribution in [2.75, 3.05) is 0 Å². The fourth-order valence-corrected chi connectivity index (χ4v) is 2.14. The van der Waals surface area contributed by atoms with E-state index in [4.69, 9.17) is 0 Å². The molecule has 0 saturated heterocycles. The minimum atomic E-state index is 1.06. The Morgan fingerprint density at radius 1 is 0.938 bits per heavy atom. The molecule has 1 radical (unpaired) electrons. The fourth-order valence-electron chi connectivity index (χ4n) is 1.44. The zero-order valence-electron chi connectivity index (χ0n) is 9.03. The third-order valence-corrected chi connectivity index (χ3v) is 3.04. The van der Waals surface area contributed by atoms with Gasteiger partial charge in [0.05, 0.1) is 0 Å². The second-order valence-electron chi connectivity index (χ2n) is 3.59. The summed E-state index contributed by atoms with van der Waals surface area (Å²) in [6, 6.07) is 16.4. The molecule has 1 heteroatoms. The van der Waals surface area contributed by atoms with Gasteiger partial charge in [0.25, 0.3) is 0 Å². The van der Waals surface area contributed by atoms with Gasteiger partial charge < -0.3 is 0 Å². The molecule has 2 rings (SSSR count). The summed E-state index contributed by atoms with van der Waals surface area (Å²) >= 11 is 2.03. The Balaban J connectivity index is 2.31. The topological polar surface area (TPSA) is 0 Å². The van der Waals surface area contributed by atoms with Crippen LogP contribution in [-0.4, -0.2) is 22.3 Å². The summed E-state index contributed by atoms with van der Waals surface area (Å²) in [5.74, 6) is 6.38. The van der Waals surface area contributed by atoms with Crippen molar-refractivity contribution in [3.05, 3.63) is 65.2 Å². The first-order valence-corrected chi connectivity index (χ1v) is 6.27. The average molecular weight is 319 g/mol. The van der Waals surface area contributed by atoms with Gasteiger partial charge in [0.1, 0.15) is 0 Å². The van der Waals surface area contributed by atoms with Crippen molar-refractivity contribution in [3.8, 4) is 11.8 Å². The van der Waals surface area contributed by atoms with Gasteiger partial charge in [-0.05, 0) is 0 Å². The molecule has 0 bridgehead atoms. The first-order valence-electron chi connectivity index (χ1n) is 5.10. The number of hydrogen-bond acceptors (Lipinski definition) is 0. The summed E-state index contributed by atoms with van der Waals surface area (Å²) in [5, 5.41) is 0. The van der Waals surface area contributed by atoms with Crippen LogP contribution in [0.15, 0.2) is 48.5 Å². The van der Waals surface area contributed by atoms with Gasteiger partial charge in [0.2, 0.25) is 0 Å². The first-order chi connectivity index (χ1) is 7.75. The van der Waals surface area contributed by atoms with E-state index in [2.05, 4.69) is 37.0 Å². The van der Waals surface area contributed by atoms with Crippen molar-refractivity contribution in [2.45, 2.75) is 6.92 Å². The summed E-state index contributed by atoms with van der Waals surface area (Å²) in [4.78, 5) is 0. The minimum absolute atomic E-state index is 1.06. The van der Waals surface area contributed by atoms with Crippen LogP contribution in [0.3, 0.4) is 0 Å².